The van der Waals surface area contributed by atoms with Crippen LogP contribution in [0.4, 0.5) is 26.3 Å². The van der Waals surface area contributed by atoms with E-state index in [-0.39, 0.29) is 17.7 Å². The molecule has 2 aromatic rings. The quantitative estimate of drug-likeness (QED) is 0.716. The van der Waals surface area contributed by atoms with Gasteiger partial charge in [-0.3, -0.25) is 0 Å². The minimum Gasteiger partial charge on any atom is -0.492 e. The summed E-state index contributed by atoms with van der Waals surface area (Å²) in [6, 6.07) is 3.66. The highest BCUT2D eigenvalue weighted by molar-refractivity contribution is 5.88. The molecular weight excluding hydrogens is 348 g/mol. The lowest BCUT2D eigenvalue weighted by Crippen LogP contribution is -2.13. The highest BCUT2D eigenvalue weighted by Gasteiger charge is 2.37. The first-order chi connectivity index (χ1) is 11.7. The standard InChI is InChI=1S/C17H10F6NO/c18-16(19,20)12-7-3-6-11-13(25-9-10-4-1-2-5-10)8-14(17(21,22)23)24-15(11)12/h1-8H,9H2. The van der Waals surface area contributed by atoms with Crippen molar-refractivity contribution in [3.05, 3.63) is 67.1 Å². The van der Waals surface area contributed by atoms with E-state index in [1.54, 1.807) is 25.7 Å². The summed E-state index contributed by atoms with van der Waals surface area (Å²) < 4.78 is 83.8. The van der Waals surface area contributed by atoms with Crippen LogP contribution in [0.5, 0.6) is 5.75 Å². The molecule has 1 aromatic carbocycles. The largest absolute Gasteiger partial charge is 0.492 e. The van der Waals surface area contributed by atoms with Gasteiger partial charge in [-0.1, -0.05) is 6.07 Å². The Labute approximate surface area is 139 Å². The summed E-state index contributed by atoms with van der Waals surface area (Å²) in [6.07, 6.45) is -2.92. The van der Waals surface area contributed by atoms with Gasteiger partial charge in [-0.15, -0.1) is 0 Å². The van der Waals surface area contributed by atoms with E-state index in [9.17, 15) is 26.3 Å². The van der Waals surface area contributed by atoms with Gasteiger partial charge in [0.25, 0.3) is 0 Å². The molecule has 1 fully saturated rings. The number of aromatic nitrogens is 1. The number of pyridine rings is 1. The SMILES string of the molecule is FC(F)(F)c1cc(OC[C]2[CH][CH][CH][CH]2)c2cccc(C(F)(F)F)c2n1. The van der Waals surface area contributed by atoms with Crippen molar-refractivity contribution in [3.8, 4) is 5.75 Å². The Morgan fingerprint density at radius 2 is 1.60 bits per heavy atom. The number of hydrogen-bond acceptors (Lipinski definition) is 2. The topological polar surface area (TPSA) is 22.1 Å². The van der Waals surface area contributed by atoms with Crippen LogP contribution in [0.2, 0.25) is 0 Å². The first-order valence-corrected chi connectivity index (χ1v) is 7.08. The smallest absolute Gasteiger partial charge is 0.433 e. The molecule has 1 saturated carbocycles. The maximum Gasteiger partial charge on any atom is 0.433 e. The van der Waals surface area contributed by atoms with Crippen molar-refractivity contribution in [3.63, 3.8) is 0 Å². The zero-order valence-electron chi connectivity index (χ0n) is 12.4. The van der Waals surface area contributed by atoms with E-state index in [0.717, 1.165) is 6.07 Å². The molecule has 2 nitrogen and oxygen atoms in total. The molecule has 5 radical (unpaired) electrons. The van der Waals surface area contributed by atoms with Gasteiger partial charge in [0.2, 0.25) is 0 Å². The van der Waals surface area contributed by atoms with Crippen molar-refractivity contribution >= 4 is 10.9 Å². The van der Waals surface area contributed by atoms with Crippen molar-refractivity contribution < 1.29 is 31.1 Å². The zero-order valence-corrected chi connectivity index (χ0v) is 12.4. The summed E-state index contributed by atoms with van der Waals surface area (Å²) in [6.45, 7) is -0.0698. The molecule has 0 N–H and O–H groups in total. The Hall–Kier alpha value is -1.99. The van der Waals surface area contributed by atoms with E-state index in [0.29, 0.717) is 18.1 Å². The Morgan fingerprint density at radius 1 is 0.920 bits per heavy atom. The van der Waals surface area contributed by atoms with Gasteiger partial charge in [-0.2, -0.15) is 26.3 Å². The normalized spacial score (nSPS) is 16.6. The number of hydrogen-bond donors (Lipinski definition) is 0. The summed E-state index contributed by atoms with van der Waals surface area (Å²) in [5, 5.41) is -0.130. The molecule has 0 spiro atoms. The van der Waals surface area contributed by atoms with Crippen LogP contribution in [0.1, 0.15) is 11.3 Å². The zero-order chi connectivity index (χ0) is 18.2. The molecule has 0 atom stereocenters. The van der Waals surface area contributed by atoms with Crippen LogP contribution in [0.25, 0.3) is 10.9 Å². The molecule has 1 heterocycles. The van der Waals surface area contributed by atoms with Gasteiger partial charge in [0.1, 0.15) is 11.4 Å². The van der Waals surface area contributed by atoms with Crippen LogP contribution < -0.4 is 4.74 Å². The van der Waals surface area contributed by atoms with E-state index < -0.39 is 29.1 Å². The molecule has 0 unspecified atom stereocenters. The van der Waals surface area contributed by atoms with Crippen LogP contribution in [-0.2, 0) is 12.4 Å². The number of alkyl halides is 6. The van der Waals surface area contributed by atoms with Crippen LogP contribution in [-0.4, -0.2) is 11.6 Å². The fourth-order valence-electron chi connectivity index (χ4n) is 2.38. The van der Waals surface area contributed by atoms with Crippen molar-refractivity contribution in [2.24, 2.45) is 0 Å². The number of ether oxygens (including phenoxy) is 1. The number of halogens is 6. The maximum atomic E-state index is 13.1. The fraction of sp³-hybridized carbons (Fsp3) is 0.176. The molecule has 0 saturated heterocycles. The molecule has 0 aliphatic heterocycles. The predicted octanol–water partition coefficient (Wildman–Crippen LogP) is 5.06. The summed E-state index contributed by atoms with van der Waals surface area (Å²) in [5.41, 5.74) is -3.47. The summed E-state index contributed by atoms with van der Waals surface area (Å²) >= 11 is 0. The number of benzene rings is 1. The number of nitrogens with zero attached hydrogens (tertiary/aromatic N) is 1. The van der Waals surface area contributed by atoms with Gasteiger partial charge in [0.15, 0.2) is 0 Å². The summed E-state index contributed by atoms with van der Waals surface area (Å²) in [4.78, 5) is 3.19. The Balaban J connectivity index is 2.09. The van der Waals surface area contributed by atoms with E-state index in [1.165, 1.54) is 6.07 Å². The fourth-order valence-corrected chi connectivity index (χ4v) is 2.38. The van der Waals surface area contributed by atoms with E-state index >= 15 is 0 Å². The lowest BCUT2D eigenvalue weighted by molar-refractivity contribution is -0.142. The lowest BCUT2D eigenvalue weighted by Gasteiger charge is -2.17. The molecule has 131 valence electrons. The molecule has 0 amide bonds. The highest BCUT2D eigenvalue weighted by atomic mass is 19.4. The third kappa shape index (κ3) is 3.82. The second-order valence-corrected chi connectivity index (χ2v) is 5.28. The minimum absolute atomic E-state index is 0.0698. The van der Waals surface area contributed by atoms with Gasteiger partial charge in [0, 0.05) is 17.4 Å². The molecule has 0 bridgehead atoms. The molecular formula is C17H10F6NO. The van der Waals surface area contributed by atoms with Crippen LogP contribution in [0.15, 0.2) is 24.3 Å². The third-order valence-electron chi connectivity index (χ3n) is 3.52. The van der Waals surface area contributed by atoms with Crippen LogP contribution >= 0.6 is 0 Å². The highest BCUT2D eigenvalue weighted by Crippen LogP contribution is 2.40. The first kappa shape index (κ1) is 17.8. The van der Waals surface area contributed by atoms with Gasteiger partial charge in [-0.25, -0.2) is 4.98 Å². The summed E-state index contributed by atoms with van der Waals surface area (Å²) in [7, 11) is 0. The molecule has 1 aromatic heterocycles. The van der Waals surface area contributed by atoms with Gasteiger partial charge in [0.05, 0.1) is 17.7 Å². The number of para-hydroxylation sites is 1. The van der Waals surface area contributed by atoms with Crippen LogP contribution in [0, 0.1) is 31.6 Å². The number of rotatable bonds is 3. The Morgan fingerprint density at radius 3 is 2.20 bits per heavy atom. The molecule has 25 heavy (non-hydrogen) atoms. The summed E-state index contributed by atoms with van der Waals surface area (Å²) in [5.74, 6) is 0.384. The Bertz CT molecular complexity index is 762. The number of fused-ring (bicyclic) bond motifs is 1. The van der Waals surface area contributed by atoms with E-state index in [4.69, 9.17) is 4.74 Å². The van der Waals surface area contributed by atoms with Crippen molar-refractivity contribution in [1.82, 2.24) is 4.98 Å². The molecule has 1 aliphatic rings. The van der Waals surface area contributed by atoms with Gasteiger partial charge >= 0.3 is 12.4 Å². The van der Waals surface area contributed by atoms with Crippen LogP contribution in [0.3, 0.4) is 0 Å². The second-order valence-electron chi connectivity index (χ2n) is 5.28. The lowest BCUT2D eigenvalue weighted by atomic mass is 10.1. The van der Waals surface area contributed by atoms with E-state index in [1.807, 2.05) is 0 Å². The molecule has 3 rings (SSSR count). The monoisotopic (exact) mass is 358 g/mol. The van der Waals surface area contributed by atoms with Crippen molar-refractivity contribution in [1.29, 1.82) is 0 Å². The maximum absolute atomic E-state index is 13.1. The van der Waals surface area contributed by atoms with Crippen molar-refractivity contribution in [2.75, 3.05) is 6.61 Å². The van der Waals surface area contributed by atoms with E-state index in [2.05, 4.69) is 4.98 Å². The average molecular weight is 358 g/mol. The average Bonchev–Trinajstić information content (AvgIpc) is 3.03. The third-order valence-corrected chi connectivity index (χ3v) is 3.52. The molecule has 1 aliphatic carbocycles. The van der Waals surface area contributed by atoms with Crippen molar-refractivity contribution in [2.45, 2.75) is 12.4 Å². The molecule has 8 heteroatoms. The minimum atomic E-state index is -4.90. The predicted molar refractivity (Wildman–Crippen MR) is 77.7 cm³/mol. The second kappa shape index (κ2) is 6.38. The van der Waals surface area contributed by atoms with Gasteiger partial charge in [-0.05, 0) is 37.8 Å². The Kier molecular flexibility index (Phi) is 4.55. The first-order valence-electron chi connectivity index (χ1n) is 7.08. The van der Waals surface area contributed by atoms with Gasteiger partial charge < -0.3 is 4.74 Å².